The maximum atomic E-state index is 12.0. The number of Topliss-reactive ketones (excluding diaryl/α,β-unsaturated/α-hetero) is 1. The van der Waals surface area contributed by atoms with Gasteiger partial charge >= 0.3 is 0 Å². The first-order valence-corrected chi connectivity index (χ1v) is 7.59. The van der Waals surface area contributed by atoms with Crippen molar-refractivity contribution in [2.45, 2.75) is 20.4 Å². The molecule has 0 unspecified atom stereocenters. The van der Waals surface area contributed by atoms with Crippen molar-refractivity contribution >= 4 is 5.78 Å². The topological polar surface area (TPSA) is 38.3 Å². The molecule has 0 aliphatic carbocycles. The van der Waals surface area contributed by atoms with Crippen LogP contribution in [0.5, 0.6) is 0 Å². The molecule has 2 aromatic rings. The lowest BCUT2D eigenvalue weighted by Crippen LogP contribution is -2.21. The molecule has 0 fully saturated rings. The highest BCUT2D eigenvalue weighted by atomic mass is 16.5. The second-order valence-corrected chi connectivity index (χ2v) is 5.44. The summed E-state index contributed by atoms with van der Waals surface area (Å²) in [7, 11) is 0. The molecule has 1 N–H and O–H groups in total. The first-order valence-electron chi connectivity index (χ1n) is 7.59. The van der Waals surface area contributed by atoms with E-state index in [9.17, 15) is 4.79 Å². The number of hydrogen-bond acceptors (Lipinski definition) is 3. The minimum absolute atomic E-state index is 0.0335. The van der Waals surface area contributed by atoms with Gasteiger partial charge in [0, 0.05) is 18.7 Å². The zero-order valence-electron chi connectivity index (χ0n) is 13.3. The van der Waals surface area contributed by atoms with Crippen LogP contribution in [0.2, 0.25) is 0 Å². The maximum Gasteiger partial charge on any atom is 0.188 e. The van der Waals surface area contributed by atoms with Crippen molar-refractivity contribution in [2.24, 2.45) is 0 Å². The Hall–Kier alpha value is -1.97. The highest BCUT2D eigenvalue weighted by Gasteiger charge is 2.06. The minimum atomic E-state index is 0.0335. The van der Waals surface area contributed by atoms with Gasteiger partial charge in [0.2, 0.25) is 0 Å². The van der Waals surface area contributed by atoms with Crippen molar-refractivity contribution in [1.82, 2.24) is 5.32 Å². The lowest BCUT2D eigenvalue weighted by Gasteiger charge is -2.07. The Kier molecular flexibility index (Phi) is 6.31. The average Bonchev–Trinajstić information content (AvgIpc) is 2.54. The van der Waals surface area contributed by atoms with Crippen LogP contribution in [0.15, 0.2) is 48.5 Å². The van der Waals surface area contributed by atoms with Gasteiger partial charge in [-0.2, -0.15) is 0 Å². The molecule has 3 heteroatoms. The van der Waals surface area contributed by atoms with E-state index in [4.69, 9.17) is 4.74 Å². The summed E-state index contributed by atoms with van der Waals surface area (Å²) in [5.41, 5.74) is 4.30. The quantitative estimate of drug-likeness (QED) is 0.600. The van der Waals surface area contributed by atoms with E-state index in [1.165, 1.54) is 11.1 Å². The van der Waals surface area contributed by atoms with Crippen LogP contribution in [0.1, 0.15) is 27.0 Å². The number of benzene rings is 2. The van der Waals surface area contributed by atoms with Crippen molar-refractivity contribution in [1.29, 1.82) is 0 Å². The number of hydrogen-bond donors (Lipinski definition) is 1. The van der Waals surface area contributed by atoms with Gasteiger partial charge in [-0.3, -0.25) is 4.79 Å². The Morgan fingerprint density at radius 1 is 1.05 bits per heavy atom. The predicted octanol–water partition coefficient (Wildman–Crippen LogP) is 3.29. The molecule has 0 aromatic heterocycles. The monoisotopic (exact) mass is 297 g/mol. The van der Waals surface area contributed by atoms with Crippen LogP contribution >= 0.6 is 0 Å². The van der Waals surface area contributed by atoms with E-state index in [0.717, 1.165) is 24.2 Å². The van der Waals surface area contributed by atoms with Gasteiger partial charge in [-0.15, -0.1) is 0 Å². The molecule has 0 saturated carbocycles. The second kappa shape index (κ2) is 8.47. The summed E-state index contributed by atoms with van der Waals surface area (Å²) >= 11 is 0. The molecule has 0 saturated heterocycles. The third kappa shape index (κ3) is 5.10. The first kappa shape index (κ1) is 16.4. The van der Waals surface area contributed by atoms with E-state index in [0.29, 0.717) is 6.61 Å². The van der Waals surface area contributed by atoms with E-state index in [-0.39, 0.29) is 12.4 Å². The number of nitrogens with one attached hydrogen (secondary N) is 1. The molecule has 0 amide bonds. The van der Waals surface area contributed by atoms with Crippen molar-refractivity contribution in [3.05, 3.63) is 70.8 Å². The number of rotatable bonds is 8. The average molecular weight is 297 g/mol. The molecule has 3 nitrogen and oxygen atoms in total. The molecule has 0 aliphatic rings. The van der Waals surface area contributed by atoms with Gasteiger partial charge in [0.25, 0.3) is 0 Å². The summed E-state index contributed by atoms with van der Waals surface area (Å²) in [5.74, 6) is 0.0335. The fourth-order valence-corrected chi connectivity index (χ4v) is 2.14. The van der Waals surface area contributed by atoms with Crippen LogP contribution in [0, 0.1) is 13.8 Å². The Morgan fingerprint density at radius 2 is 1.82 bits per heavy atom. The van der Waals surface area contributed by atoms with Crippen LogP contribution in [0.4, 0.5) is 0 Å². The van der Waals surface area contributed by atoms with E-state index >= 15 is 0 Å². The SMILES string of the molecule is Cc1ccc(C(=O)COCCNCc2ccccc2)cc1C. The van der Waals surface area contributed by atoms with Gasteiger partial charge in [0.15, 0.2) is 5.78 Å². The Balaban J connectivity index is 1.64. The first-order chi connectivity index (χ1) is 10.7. The highest BCUT2D eigenvalue weighted by Crippen LogP contribution is 2.10. The molecular weight excluding hydrogens is 274 g/mol. The molecule has 2 rings (SSSR count). The molecular formula is C19H23NO2. The number of aryl methyl sites for hydroxylation is 2. The lowest BCUT2D eigenvalue weighted by atomic mass is 10.0. The normalized spacial score (nSPS) is 10.6. The van der Waals surface area contributed by atoms with Crippen molar-refractivity contribution in [3.63, 3.8) is 0 Å². The number of ketones is 1. The summed E-state index contributed by atoms with van der Waals surface area (Å²) in [4.78, 5) is 12.0. The molecule has 0 heterocycles. The molecule has 0 spiro atoms. The van der Waals surface area contributed by atoms with E-state index < -0.39 is 0 Å². The van der Waals surface area contributed by atoms with Gasteiger partial charge in [-0.05, 0) is 36.6 Å². The highest BCUT2D eigenvalue weighted by molar-refractivity contribution is 5.97. The third-order valence-corrected chi connectivity index (χ3v) is 3.66. The van der Waals surface area contributed by atoms with Crippen LogP contribution in [0.3, 0.4) is 0 Å². The van der Waals surface area contributed by atoms with Gasteiger partial charge in [-0.1, -0.05) is 42.5 Å². The predicted molar refractivity (Wildman–Crippen MR) is 89.2 cm³/mol. The molecule has 0 aliphatic heterocycles. The lowest BCUT2D eigenvalue weighted by molar-refractivity contribution is 0.0764. The van der Waals surface area contributed by atoms with Crippen LogP contribution in [0.25, 0.3) is 0 Å². The van der Waals surface area contributed by atoms with Crippen LogP contribution < -0.4 is 5.32 Å². The fraction of sp³-hybridized carbons (Fsp3) is 0.316. The van der Waals surface area contributed by atoms with Gasteiger partial charge in [0.1, 0.15) is 6.61 Å². The summed E-state index contributed by atoms with van der Waals surface area (Å²) in [6, 6.07) is 16.0. The van der Waals surface area contributed by atoms with E-state index in [1.54, 1.807) is 0 Å². The summed E-state index contributed by atoms with van der Waals surface area (Å²) in [5, 5.41) is 3.30. The Labute approximate surface area is 132 Å². The van der Waals surface area contributed by atoms with Gasteiger partial charge < -0.3 is 10.1 Å². The third-order valence-electron chi connectivity index (χ3n) is 3.66. The van der Waals surface area contributed by atoms with Crippen molar-refractivity contribution in [3.8, 4) is 0 Å². The zero-order chi connectivity index (χ0) is 15.8. The number of carbonyl (C=O) groups is 1. The van der Waals surface area contributed by atoms with Gasteiger partial charge in [-0.25, -0.2) is 0 Å². The van der Waals surface area contributed by atoms with Crippen LogP contribution in [-0.2, 0) is 11.3 Å². The Morgan fingerprint density at radius 3 is 2.55 bits per heavy atom. The number of carbonyl (C=O) groups excluding carboxylic acids is 1. The van der Waals surface area contributed by atoms with Gasteiger partial charge in [0.05, 0.1) is 6.61 Å². The molecule has 0 radical (unpaired) electrons. The maximum absolute atomic E-state index is 12.0. The van der Waals surface area contributed by atoms with E-state index in [2.05, 4.69) is 17.4 Å². The number of ether oxygens (including phenoxy) is 1. The minimum Gasteiger partial charge on any atom is -0.372 e. The fourth-order valence-electron chi connectivity index (χ4n) is 2.14. The van der Waals surface area contributed by atoms with E-state index in [1.807, 2.05) is 50.2 Å². The molecule has 22 heavy (non-hydrogen) atoms. The zero-order valence-corrected chi connectivity index (χ0v) is 13.3. The largest absolute Gasteiger partial charge is 0.372 e. The Bertz CT molecular complexity index is 608. The summed E-state index contributed by atoms with van der Waals surface area (Å²) in [6.45, 7) is 6.27. The van der Waals surface area contributed by atoms with Crippen molar-refractivity contribution < 1.29 is 9.53 Å². The molecule has 2 aromatic carbocycles. The molecule has 0 atom stereocenters. The molecule has 0 bridgehead atoms. The summed E-state index contributed by atoms with van der Waals surface area (Å²) < 4.78 is 5.45. The van der Waals surface area contributed by atoms with Crippen LogP contribution in [-0.4, -0.2) is 25.5 Å². The second-order valence-electron chi connectivity index (χ2n) is 5.44. The smallest absolute Gasteiger partial charge is 0.188 e. The standard InChI is InChI=1S/C19H23NO2/c1-15-8-9-18(12-16(15)2)19(21)14-22-11-10-20-13-17-6-4-3-5-7-17/h3-9,12,20H,10-11,13-14H2,1-2H3. The van der Waals surface area contributed by atoms with Crippen molar-refractivity contribution in [2.75, 3.05) is 19.8 Å². The summed E-state index contributed by atoms with van der Waals surface area (Å²) in [6.07, 6.45) is 0. The molecule has 116 valence electrons.